The monoisotopic (exact) mass is 249 g/mol. The highest BCUT2D eigenvalue weighted by atomic mass is 16.3. The lowest BCUT2D eigenvalue weighted by Crippen LogP contribution is -2.32. The van der Waals surface area contributed by atoms with Crippen LogP contribution in [0.5, 0.6) is 0 Å². The van der Waals surface area contributed by atoms with E-state index in [1.807, 2.05) is 12.1 Å². The molecule has 0 aromatic heterocycles. The Bertz CT molecular complexity index is 333. The molecule has 0 spiro atoms. The van der Waals surface area contributed by atoms with Crippen LogP contribution in [0, 0.1) is 0 Å². The van der Waals surface area contributed by atoms with Gasteiger partial charge in [-0.2, -0.15) is 0 Å². The van der Waals surface area contributed by atoms with Crippen molar-refractivity contribution < 1.29 is 5.11 Å². The molecular formula is C16H27NO. The predicted molar refractivity (Wildman–Crippen MR) is 77.8 cm³/mol. The molecular weight excluding hydrogens is 222 g/mol. The van der Waals surface area contributed by atoms with Crippen molar-refractivity contribution in [1.82, 2.24) is 4.90 Å². The van der Waals surface area contributed by atoms with Gasteiger partial charge in [-0.05, 0) is 37.9 Å². The number of aryl methyl sites for hydroxylation is 1. The van der Waals surface area contributed by atoms with E-state index in [2.05, 4.69) is 44.9 Å². The number of nitrogens with zero attached hydrogens (tertiary/aromatic N) is 1. The zero-order valence-corrected chi connectivity index (χ0v) is 12.2. The maximum absolute atomic E-state index is 10.2. The van der Waals surface area contributed by atoms with Crippen molar-refractivity contribution in [2.24, 2.45) is 0 Å². The van der Waals surface area contributed by atoms with Crippen LogP contribution in [0.25, 0.3) is 0 Å². The molecule has 1 aromatic rings. The number of rotatable bonds is 7. The van der Waals surface area contributed by atoms with Crippen LogP contribution in [-0.4, -0.2) is 29.6 Å². The van der Waals surface area contributed by atoms with Crippen molar-refractivity contribution in [2.75, 3.05) is 13.6 Å². The van der Waals surface area contributed by atoms with Gasteiger partial charge in [0.25, 0.3) is 0 Å². The number of likely N-dealkylation sites (N-methyl/N-ethyl adjacent to an activating group) is 1. The molecule has 1 aromatic carbocycles. The van der Waals surface area contributed by atoms with E-state index in [9.17, 15) is 5.11 Å². The minimum absolute atomic E-state index is 0.389. The molecule has 0 fully saturated rings. The van der Waals surface area contributed by atoms with Gasteiger partial charge in [-0.15, -0.1) is 0 Å². The van der Waals surface area contributed by atoms with Gasteiger partial charge >= 0.3 is 0 Å². The van der Waals surface area contributed by atoms with Gasteiger partial charge in [0.05, 0.1) is 6.10 Å². The molecule has 0 aliphatic heterocycles. The average Bonchev–Trinajstić information content (AvgIpc) is 2.39. The van der Waals surface area contributed by atoms with Crippen LogP contribution in [-0.2, 0) is 6.42 Å². The van der Waals surface area contributed by atoms with Gasteiger partial charge in [0.1, 0.15) is 0 Å². The SMILES string of the molecule is CCCC(C)N(C)CC(O)c1ccc(CC)cc1. The summed E-state index contributed by atoms with van der Waals surface area (Å²) in [6.07, 6.45) is 3.02. The van der Waals surface area contributed by atoms with Gasteiger partial charge in [-0.1, -0.05) is 44.5 Å². The summed E-state index contributed by atoms with van der Waals surface area (Å²) in [5.41, 5.74) is 2.33. The van der Waals surface area contributed by atoms with E-state index < -0.39 is 0 Å². The topological polar surface area (TPSA) is 23.5 Å². The first kappa shape index (κ1) is 15.2. The van der Waals surface area contributed by atoms with E-state index >= 15 is 0 Å². The molecule has 0 aliphatic carbocycles. The van der Waals surface area contributed by atoms with Gasteiger partial charge in [0.2, 0.25) is 0 Å². The Labute approximate surface area is 112 Å². The maximum atomic E-state index is 10.2. The van der Waals surface area contributed by atoms with E-state index in [0.717, 1.165) is 12.0 Å². The van der Waals surface area contributed by atoms with Gasteiger partial charge in [0.15, 0.2) is 0 Å². The van der Waals surface area contributed by atoms with Gasteiger partial charge < -0.3 is 10.0 Å². The average molecular weight is 249 g/mol. The summed E-state index contributed by atoms with van der Waals surface area (Å²) in [4.78, 5) is 2.24. The van der Waals surface area contributed by atoms with E-state index in [0.29, 0.717) is 12.6 Å². The summed E-state index contributed by atoms with van der Waals surface area (Å²) >= 11 is 0. The van der Waals surface area contributed by atoms with Gasteiger partial charge in [-0.25, -0.2) is 0 Å². The highest BCUT2D eigenvalue weighted by Crippen LogP contribution is 2.17. The molecule has 2 heteroatoms. The van der Waals surface area contributed by atoms with Crippen LogP contribution in [0.3, 0.4) is 0 Å². The molecule has 0 aliphatic rings. The van der Waals surface area contributed by atoms with E-state index in [1.165, 1.54) is 18.4 Å². The smallest absolute Gasteiger partial charge is 0.0916 e. The molecule has 102 valence electrons. The molecule has 2 nitrogen and oxygen atoms in total. The standard InChI is InChI=1S/C16H27NO/c1-5-7-13(3)17(4)12-16(18)15-10-8-14(6-2)9-11-15/h8-11,13,16,18H,5-7,12H2,1-4H3. The highest BCUT2D eigenvalue weighted by molar-refractivity contribution is 5.24. The van der Waals surface area contributed by atoms with Crippen LogP contribution >= 0.6 is 0 Å². The molecule has 0 saturated carbocycles. The van der Waals surface area contributed by atoms with E-state index in [-0.39, 0.29) is 6.10 Å². The molecule has 0 heterocycles. The van der Waals surface area contributed by atoms with Gasteiger partial charge in [-0.3, -0.25) is 0 Å². The van der Waals surface area contributed by atoms with E-state index in [4.69, 9.17) is 0 Å². The summed E-state index contributed by atoms with van der Waals surface area (Å²) in [5.74, 6) is 0. The predicted octanol–water partition coefficient (Wildman–Crippen LogP) is 3.40. The van der Waals surface area contributed by atoms with Crippen LogP contribution in [0.1, 0.15) is 50.8 Å². The minimum atomic E-state index is -0.389. The lowest BCUT2D eigenvalue weighted by Gasteiger charge is -2.27. The number of hydrogen-bond donors (Lipinski definition) is 1. The first-order valence-electron chi connectivity index (χ1n) is 7.05. The largest absolute Gasteiger partial charge is 0.387 e. The summed E-state index contributed by atoms with van der Waals surface area (Å²) < 4.78 is 0. The van der Waals surface area contributed by atoms with Crippen molar-refractivity contribution in [2.45, 2.75) is 52.2 Å². The Balaban J connectivity index is 2.55. The fourth-order valence-corrected chi connectivity index (χ4v) is 2.17. The first-order chi connectivity index (χ1) is 8.58. The summed E-state index contributed by atoms with van der Waals surface area (Å²) in [7, 11) is 2.09. The molecule has 18 heavy (non-hydrogen) atoms. The molecule has 1 N–H and O–H groups in total. The number of benzene rings is 1. The maximum Gasteiger partial charge on any atom is 0.0916 e. The molecule has 0 saturated heterocycles. The minimum Gasteiger partial charge on any atom is -0.387 e. The van der Waals surface area contributed by atoms with Crippen molar-refractivity contribution in [3.8, 4) is 0 Å². The third-order valence-electron chi connectivity index (χ3n) is 3.69. The fourth-order valence-electron chi connectivity index (χ4n) is 2.17. The fraction of sp³-hybridized carbons (Fsp3) is 0.625. The van der Waals surface area contributed by atoms with Crippen LogP contribution in [0.2, 0.25) is 0 Å². The Hall–Kier alpha value is -0.860. The van der Waals surface area contributed by atoms with Crippen molar-refractivity contribution in [3.63, 3.8) is 0 Å². The second-order valence-corrected chi connectivity index (χ2v) is 5.19. The Morgan fingerprint density at radius 3 is 2.28 bits per heavy atom. The zero-order valence-electron chi connectivity index (χ0n) is 12.2. The van der Waals surface area contributed by atoms with Crippen molar-refractivity contribution in [1.29, 1.82) is 0 Å². The lowest BCUT2D eigenvalue weighted by atomic mass is 10.0. The van der Waals surface area contributed by atoms with Crippen LogP contribution < -0.4 is 0 Å². The summed E-state index contributed by atoms with van der Waals surface area (Å²) in [5, 5.41) is 10.2. The first-order valence-corrected chi connectivity index (χ1v) is 7.05. The van der Waals surface area contributed by atoms with Crippen LogP contribution in [0.15, 0.2) is 24.3 Å². The summed E-state index contributed by atoms with van der Waals surface area (Å²) in [6.45, 7) is 7.26. The van der Waals surface area contributed by atoms with E-state index in [1.54, 1.807) is 0 Å². The zero-order chi connectivity index (χ0) is 13.5. The number of aliphatic hydroxyl groups is 1. The second kappa shape index (κ2) is 7.55. The van der Waals surface area contributed by atoms with Crippen molar-refractivity contribution in [3.05, 3.63) is 35.4 Å². The number of hydrogen-bond acceptors (Lipinski definition) is 2. The Kier molecular flexibility index (Phi) is 6.37. The second-order valence-electron chi connectivity index (χ2n) is 5.19. The molecule has 2 atom stereocenters. The molecule has 0 radical (unpaired) electrons. The highest BCUT2D eigenvalue weighted by Gasteiger charge is 2.14. The normalized spacial score (nSPS) is 14.8. The third kappa shape index (κ3) is 4.43. The molecule has 0 bridgehead atoms. The number of aliphatic hydroxyl groups excluding tert-OH is 1. The Morgan fingerprint density at radius 1 is 1.17 bits per heavy atom. The molecule has 2 unspecified atom stereocenters. The van der Waals surface area contributed by atoms with Crippen molar-refractivity contribution >= 4 is 0 Å². The Morgan fingerprint density at radius 2 is 1.78 bits per heavy atom. The molecule has 1 rings (SSSR count). The quantitative estimate of drug-likeness (QED) is 0.800. The third-order valence-corrected chi connectivity index (χ3v) is 3.69. The van der Waals surface area contributed by atoms with Gasteiger partial charge in [0, 0.05) is 12.6 Å². The van der Waals surface area contributed by atoms with Crippen LogP contribution in [0.4, 0.5) is 0 Å². The lowest BCUT2D eigenvalue weighted by molar-refractivity contribution is 0.106. The summed E-state index contributed by atoms with van der Waals surface area (Å²) in [6, 6.07) is 8.82. The molecule has 0 amide bonds.